The lowest BCUT2D eigenvalue weighted by Crippen LogP contribution is -2.32. The lowest BCUT2D eigenvalue weighted by molar-refractivity contribution is 0.167. The van der Waals surface area contributed by atoms with Crippen LogP contribution in [0, 0.1) is 11.8 Å². The molecule has 0 bridgehead atoms. The first-order valence-corrected chi connectivity index (χ1v) is 12.2. The monoisotopic (exact) mass is 466 g/mol. The minimum absolute atomic E-state index is 0.293. The van der Waals surface area contributed by atoms with E-state index in [0.29, 0.717) is 12.8 Å². The predicted octanol–water partition coefficient (Wildman–Crippen LogP) is 7.57. The Morgan fingerprint density at radius 2 is 1.89 bits per heavy atom. The molecule has 0 saturated carbocycles. The lowest BCUT2D eigenvalue weighted by atomic mass is 9.88. The molecule has 1 heterocycles. The molecule has 0 fully saturated rings. The summed E-state index contributed by atoms with van der Waals surface area (Å²) in [5.74, 6) is 0. The molecule has 4 nitrogen and oxygen atoms in total. The minimum Gasteiger partial charge on any atom is -0.388 e. The molecule has 35 heavy (non-hydrogen) atoms. The number of fused-ring (bicyclic) bond motifs is 1. The molecule has 0 aliphatic carbocycles. The molecule has 1 aliphatic heterocycles. The third-order valence-corrected chi connectivity index (χ3v) is 6.73. The Morgan fingerprint density at radius 3 is 2.69 bits per heavy atom. The highest BCUT2D eigenvalue weighted by Crippen LogP contribution is 2.32. The van der Waals surface area contributed by atoms with E-state index in [1.165, 1.54) is 11.1 Å². The average molecular weight is 467 g/mol. The quantitative estimate of drug-likeness (QED) is 0.336. The van der Waals surface area contributed by atoms with Crippen molar-refractivity contribution in [2.24, 2.45) is 5.18 Å². The van der Waals surface area contributed by atoms with Gasteiger partial charge in [0.25, 0.3) is 0 Å². The van der Waals surface area contributed by atoms with E-state index in [1.807, 2.05) is 62.4 Å². The van der Waals surface area contributed by atoms with Crippen LogP contribution in [-0.2, 0) is 12.0 Å². The first-order chi connectivity index (χ1) is 16.7. The highest BCUT2D eigenvalue weighted by Gasteiger charge is 2.24. The molecule has 0 radical (unpaired) electrons. The SMILES string of the molecule is Cc1ccc2c(c1)N[C@@](C)(/C=C/c1cccc([C@@H](O)CCc3ccccc3C(C)(C)N=O)c1)C=C2. The molecule has 0 unspecified atom stereocenters. The van der Waals surface area contributed by atoms with Crippen molar-refractivity contribution >= 4 is 17.8 Å². The number of aryl methyl sites for hydroxylation is 2. The third kappa shape index (κ3) is 5.77. The topological polar surface area (TPSA) is 61.7 Å². The van der Waals surface area contributed by atoms with Crippen LogP contribution in [0.2, 0.25) is 0 Å². The second-order valence-corrected chi connectivity index (χ2v) is 10.2. The Balaban J connectivity index is 1.45. The Labute approximate surface area is 208 Å². The van der Waals surface area contributed by atoms with Crippen LogP contribution in [-0.4, -0.2) is 10.6 Å². The molecular weight excluding hydrogens is 432 g/mol. The first-order valence-electron chi connectivity index (χ1n) is 12.2. The van der Waals surface area contributed by atoms with Crippen molar-refractivity contribution in [2.45, 2.75) is 57.7 Å². The van der Waals surface area contributed by atoms with E-state index in [-0.39, 0.29) is 5.54 Å². The summed E-state index contributed by atoms with van der Waals surface area (Å²) >= 11 is 0. The van der Waals surface area contributed by atoms with Crippen LogP contribution in [0.15, 0.2) is 84.1 Å². The predicted molar refractivity (Wildman–Crippen MR) is 146 cm³/mol. The molecule has 1 aliphatic rings. The fraction of sp³-hybridized carbons (Fsp3) is 0.290. The summed E-state index contributed by atoms with van der Waals surface area (Å²) in [6, 6.07) is 22.3. The van der Waals surface area contributed by atoms with Crippen molar-refractivity contribution in [3.05, 3.63) is 117 Å². The van der Waals surface area contributed by atoms with Crippen molar-refractivity contribution in [1.82, 2.24) is 0 Å². The van der Waals surface area contributed by atoms with Crippen LogP contribution < -0.4 is 5.32 Å². The van der Waals surface area contributed by atoms with Gasteiger partial charge in [0.2, 0.25) is 0 Å². The number of hydrogen-bond acceptors (Lipinski definition) is 4. The zero-order valence-corrected chi connectivity index (χ0v) is 21.0. The van der Waals surface area contributed by atoms with Crippen molar-refractivity contribution in [3.8, 4) is 0 Å². The van der Waals surface area contributed by atoms with Crippen LogP contribution in [0.5, 0.6) is 0 Å². The van der Waals surface area contributed by atoms with Gasteiger partial charge in [-0.05, 0) is 86.1 Å². The molecule has 0 aromatic heterocycles. The summed E-state index contributed by atoms with van der Waals surface area (Å²) in [7, 11) is 0. The van der Waals surface area contributed by atoms with E-state index in [1.54, 1.807) is 0 Å². The number of aliphatic hydroxyl groups excluding tert-OH is 1. The van der Waals surface area contributed by atoms with Gasteiger partial charge in [-0.15, -0.1) is 4.91 Å². The van der Waals surface area contributed by atoms with Crippen LogP contribution in [0.1, 0.15) is 66.7 Å². The smallest absolute Gasteiger partial charge is 0.122 e. The molecule has 3 aromatic carbocycles. The molecule has 4 rings (SSSR count). The van der Waals surface area contributed by atoms with Crippen molar-refractivity contribution in [3.63, 3.8) is 0 Å². The molecule has 3 aromatic rings. The van der Waals surface area contributed by atoms with Crippen LogP contribution in [0.25, 0.3) is 12.2 Å². The highest BCUT2D eigenvalue weighted by molar-refractivity contribution is 5.74. The second-order valence-electron chi connectivity index (χ2n) is 10.2. The fourth-order valence-electron chi connectivity index (χ4n) is 4.60. The number of hydrogen-bond donors (Lipinski definition) is 2. The Kier molecular flexibility index (Phi) is 7.04. The van der Waals surface area contributed by atoms with Crippen molar-refractivity contribution in [2.75, 3.05) is 5.32 Å². The Morgan fingerprint density at radius 1 is 1.09 bits per heavy atom. The largest absolute Gasteiger partial charge is 0.388 e. The first kappa shape index (κ1) is 24.6. The van der Waals surface area contributed by atoms with Gasteiger partial charge in [-0.3, -0.25) is 0 Å². The number of nitrogens with zero attached hydrogens (tertiary/aromatic N) is 1. The highest BCUT2D eigenvalue weighted by atomic mass is 16.3. The van der Waals surface area contributed by atoms with Crippen molar-refractivity contribution in [1.29, 1.82) is 0 Å². The van der Waals surface area contributed by atoms with E-state index >= 15 is 0 Å². The van der Waals surface area contributed by atoms with Crippen LogP contribution in [0.4, 0.5) is 5.69 Å². The number of aliphatic hydroxyl groups is 1. The zero-order valence-electron chi connectivity index (χ0n) is 21.0. The number of anilines is 1. The molecule has 0 spiro atoms. The van der Waals surface area contributed by atoms with Gasteiger partial charge in [-0.2, -0.15) is 0 Å². The number of rotatable bonds is 8. The lowest BCUT2D eigenvalue weighted by Gasteiger charge is -2.30. The minimum atomic E-state index is -0.789. The van der Waals surface area contributed by atoms with Crippen LogP contribution in [0.3, 0.4) is 0 Å². The summed E-state index contributed by atoms with van der Waals surface area (Å²) < 4.78 is 0. The van der Waals surface area contributed by atoms with Gasteiger partial charge in [-0.25, -0.2) is 0 Å². The molecule has 0 amide bonds. The molecule has 2 atom stereocenters. The van der Waals surface area contributed by atoms with E-state index < -0.39 is 11.6 Å². The van der Waals surface area contributed by atoms with Crippen molar-refractivity contribution < 1.29 is 5.11 Å². The molecule has 0 saturated heterocycles. The summed E-state index contributed by atoms with van der Waals surface area (Å²) in [6.07, 6.45) is 9.23. The Bertz CT molecular complexity index is 1270. The molecule has 4 heteroatoms. The molecule has 2 N–H and O–H groups in total. The van der Waals surface area contributed by atoms with Gasteiger partial charge < -0.3 is 10.4 Å². The van der Waals surface area contributed by atoms with Gasteiger partial charge in [0, 0.05) is 5.69 Å². The van der Waals surface area contributed by atoms with Gasteiger partial charge in [0.05, 0.1) is 11.6 Å². The van der Waals surface area contributed by atoms with E-state index in [0.717, 1.165) is 27.9 Å². The zero-order chi connectivity index (χ0) is 25.1. The molecule has 180 valence electrons. The summed E-state index contributed by atoms with van der Waals surface area (Å²) in [5, 5.41) is 17.9. The van der Waals surface area contributed by atoms with E-state index in [4.69, 9.17) is 0 Å². The summed E-state index contributed by atoms with van der Waals surface area (Å²) in [4.78, 5) is 11.3. The third-order valence-electron chi connectivity index (χ3n) is 6.73. The summed E-state index contributed by atoms with van der Waals surface area (Å²) in [5.41, 5.74) is 6.37. The van der Waals surface area contributed by atoms with Gasteiger partial charge in [0.15, 0.2) is 0 Å². The standard InChI is InChI=1S/C31H34N2O2/c1-22-12-13-25-17-19-31(4,32-28(25)20-22)18-16-23-8-7-10-26(21-23)29(34)15-14-24-9-5-6-11-27(24)30(2,3)33-35/h5-13,16-21,29,32,34H,14-15H2,1-4H3/b18-16+/t29-,31-/m0/s1. The summed E-state index contributed by atoms with van der Waals surface area (Å²) in [6.45, 7) is 7.89. The fourth-order valence-corrected chi connectivity index (χ4v) is 4.60. The van der Waals surface area contributed by atoms with Crippen LogP contribution >= 0.6 is 0 Å². The normalized spacial score (nSPS) is 18.2. The maximum absolute atomic E-state index is 11.3. The Hall–Kier alpha value is -3.50. The average Bonchev–Trinajstić information content (AvgIpc) is 2.86. The van der Waals surface area contributed by atoms with E-state index in [9.17, 15) is 10.0 Å². The second kappa shape index (κ2) is 10.0. The van der Waals surface area contributed by atoms with Gasteiger partial charge in [0.1, 0.15) is 5.54 Å². The number of nitroso groups, excluding NO2 is 1. The molecular formula is C31H34N2O2. The number of benzene rings is 3. The maximum atomic E-state index is 11.3. The number of nitrogens with one attached hydrogen (secondary N) is 1. The van der Waals surface area contributed by atoms with Gasteiger partial charge >= 0.3 is 0 Å². The van der Waals surface area contributed by atoms with Gasteiger partial charge in [-0.1, -0.05) is 84.1 Å². The maximum Gasteiger partial charge on any atom is 0.122 e. The van der Waals surface area contributed by atoms with E-state index in [2.05, 4.69) is 66.8 Å².